The molecule has 0 spiro atoms. The number of aromatic carboxylic acids is 1. The maximum Gasteiger partial charge on any atom is 0.356 e. The second kappa shape index (κ2) is 6.12. The van der Waals surface area contributed by atoms with Crippen molar-refractivity contribution in [3.63, 3.8) is 0 Å². The Labute approximate surface area is 138 Å². The third kappa shape index (κ3) is 2.74. The van der Waals surface area contributed by atoms with E-state index in [1.54, 1.807) is 13.1 Å². The number of ether oxygens (including phenoxy) is 2. The van der Waals surface area contributed by atoms with Crippen molar-refractivity contribution < 1.29 is 19.4 Å². The van der Waals surface area contributed by atoms with Gasteiger partial charge < -0.3 is 14.6 Å². The number of benzene rings is 1. The van der Waals surface area contributed by atoms with Crippen LogP contribution in [0.2, 0.25) is 5.02 Å². The van der Waals surface area contributed by atoms with Crippen LogP contribution in [0, 0.1) is 0 Å². The topological polar surface area (TPSA) is 73.6 Å². The number of carbonyl (C=O) groups is 1. The monoisotopic (exact) mass is 336 g/mol. The molecule has 1 N–H and O–H groups in total. The molecule has 6 nitrogen and oxygen atoms in total. The Morgan fingerprint density at radius 3 is 2.78 bits per heavy atom. The lowest BCUT2D eigenvalue weighted by molar-refractivity contribution is 0.0689. The van der Waals surface area contributed by atoms with E-state index in [-0.39, 0.29) is 5.69 Å². The Morgan fingerprint density at radius 1 is 1.39 bits per heavy atom. The Morgan fingerprint density at radius 2 is 2.13 bits per heavy atom. The van der Waals surface area contributed by atoms with Gasteiger partial charge in [-0.15, -0.1) is 0 Å². The quantitative estimate of drug-likeness (QED) is 0.932. The van der Waals surface area contributed by atoms with E-state index in [1.165, 1.54) is 10.7 Å². The van der Waals surface area contributed by atoms with Crippen molar-refractivity contribution in [2.75, 3.05) is 13.2 Å². The highest BCUT2D eigenvalue weighted by Gasteiger charge is 2.24. The van der Waals surface area contributed by atoms with Gasteiger partial charge in [-0.1, -0.05) is 18.5 Å². The summed E-state index contributed by atoms with van der Waals surface area (Å²) >= 11 is 6.47. The zero-order valence-electron chi connectivity index (χ0n) is 12.9. The highest BCUT2D eigenvalue weighted by Crippen LogP contribution is 2.44. The van der Waals surface area contributed by atoms with Crippen LogP contribution < -0.4 is 9.47 Å². The zero-order valence-corrected chi connectivity index (χ0v) is 13.7. The van der Waals surface area contributed by atoms with E-state index in [4.69, 9.17) is 26.2 Å². The maximum atomic E-state index is 11.2. The molecule has 0 atom stereocenters. The molecule has 0 fully saturated rings. The lowest BCUT2D eigenvalue weighted by atomic mass is 10.00. The van der Waals surface area contributed by atoms with Crippen LogP contribution in [-0.2, 0) is 13.5 Å². The van der Waals surface area contributed by atoms with Gasteiger partial charge >= 0.3 is 5.97 Å². The van der Waals surface area contributed by atoms with E-state index in [1.807, 2.05) is 6.92 Å². The van der Waals surface area contributed by atoms with E-state index in [9.17, 15) is 4.79 Å². The van der Waals surface area contributed by atoms with Gasteiger partial charge in [0.25, 0.3) is 0 Å². The van der Waals surface area contributed by atoms with Gasteiger partial charge in [0.1, 0.15) is 0 Å². The summed E-state index contributed by atoms with van der Waals surface area (Å²) in [5, 5.41) is 13.7. The van der Waals surface area contributed by atoms with E-state index in [2.05, 4.69) is 5.10 Å². The molecule has 23 heavy (non-hydrogen) atoms. The Hall–Kier alpha value is -2.21. The molecule has 2 aromatic rings. The molecule has 0 bridgehead atoms. The van der Waals surface area contributed by atoms with Gasteiger partial charge in [-0.2, -0.15) is 5.10 Å². The number of fused-ring (bicyclic) bond motifs is 1. The summed E-state index contributed by atoms with van der Waals surface area (Å²) in [6.45, 7) is 3.16. The molecule has 0 saturated heterocycles. The summed E-state index contributed by atoms with van der Waals surface area (Å²) in [6, 6.07) is 3.25. The minimum Gasteiger partial charge on any atom is -0.489 e. The molecule has 0 unspecified atom stereocenters. The third-order valence-corrected chi connectivity index (χ3v) is 4.10. The average molecular weight is 337 g/mol. The molecular formula is C16H17ClN2O4. The summed E-state index contributed by atoms with van der Waals surface area (Å²) in [6.07, 6.45) is 1.48. The Balaban J connectivity index is 2.23. The number of aromatic nitrogens is 2. The van der Waals surface area contributed by atoms with Gasteiger partial charge in [-0.3, -0.25) is 4.68 Å². The van der Waals surface area contributed by atoms with E-state index in [0.29, 0.717) is 41.9 Å². The molecule has 122 valence electrons. The molecule has 1 aromatic carbocycles. The summed E-state index contributed by atoms with van der Waals surface area (Å²) < 4.78 is 13.1. The molecule has 0 radical (unpaired) electrons. The van der Waals surface area contributed by atoms with Crippen molar-refractivity contribution in [2.24, 2.45) is 7.05 Å². The number of carboxylic acids is 1. The van der Waals surface area contributed by atoms with Gasteiger partial charge in [0, 0.05) is 30.7 Å². The molecule has 0 aliphatic carbocycles. The van der Waals surface area contributed by atoms with E-state index >= 15 is 0 Å². The first-order valence-electron chi connectivity index (χ1n) is 7.41. The number of hydrogen-bond donors (Lipinski definition) is 1. The molecule has 0 amide bonds. The molecule has 1 aromatic heterocycles. The third-order valence-electron chi connectivity index (χ3n) is 3.80. The fourth-order valence-corrected chi connectivity index (χ4v) is 3.07. The largest absolute Gasteiger partial charge is 0.489 e. The first-order chi connectivity index (χ1) is 11.0. The second-order valence-corrected chi connectivity index (χ2v) is 5.69. The highest BCUT2D eigenvalue weighted by molar-refractivity contribution is 6.33. The second-order valence-electron chi connectivity index (χ2n) is 5.29. The van der Waals surface area contributed by atoms with Crippen LogP contribution in [0.1, 0.15) is 29.4 Å². The average Bonchev–Trinajstić information content (AvgIpc) is 2.74. The highest BCUT2D eigenvalue weighted by atomic mass is 35.5. The summed E-state index contributed by atoms with van der Waals surface area (Å²) in [7, 11) is 1.70. The van der Waals surface area contributed by atoms with Gasteiger partial charge in [0.05, 0.1) is 23.9 Å². The van der Waals surface area contributed by atoms with Crippen molar-refractivity contribution in [2.45, 2.75) is 19.8 Å². The number of halogens is 1. The normalized spacial score (nSPS) is 13.7. The van der Waals surface area contributed by atoms with Crippen LogP contribution in [0.15, 0.2) is 12.1 Å². The fraction of sp³-hybridized carbons (Fsp3) is 0.375. The molecular weight excluding hydrogens is 320 g/mol. The van der Waals surface area contributed by atoms with Crippen LogP contribution in [0.25, 0.3) is 11.3 Å². The van der Waals surface area contributed by atoms with Crippen molar-refractivity contribution in [1.82, 2.24) is 9.78 Å². The summed E-state index contributed by atoms with van der Waals surface area (Å²) in [5.74, 6) is 0.242. The van der Waals surface area contributed by atoms with Crippen LogP contribution in [0.4, 0.5) is 0 Å². The molecule has 2 heterocycles. The number of carboxylic acid groups (broad SMARTS) is 1. The van der Waals surface area contributed by atoms with E-state index < -0.39 is 5.97 Å². The standard InChI is InChI=1S/C16H17ClN2O4/c1-3-9-14(12-8-11(16(20)21)18-19(12)2)10(17)7-13-15(9)23-6-4-5-22-13/h7-8H,3-6H2,1-2H3,(H,20,21). The smallest absolute Gasteiger partial charge is 0.356 e. The number of aryl methyl sites for hydroxylation is 1. The maximum absolute atomic E-state index is 11.2. The minimum absolute atomic E-state index is 0.0206. The fourth-order valence-electron chi connectivity index (χ4n) is 2.76. The first-order valence-corrected chi connectivity index (χ1v) is 7.79. The minimum atomic E-state index is -1.07. The summed E-state index contributed by atoms with van der Waals surface area (Å²) in [5.41, 5.74) is 2.25. The SMILES string of the molecule is CCc1c2c(cc(Cl)c1-c1cc(C(=O)O)nn1C)OCCCO2. The van der Waals surface area contributed by atoms with Gasteiger partial charge in [-0.05, 0) is 12.5 Å². The van der Waals surface area contributed by atoms with Gasteiger partial charge in [0.2, 0.25) is 0 Å². The lowest BCUT2D eigenvalue weighted by Crippen LogP contribution is -2.02. The number of nitrogens with zero attached hydrogens (tertiary/aromatic N) is 2. The van der Waals surface area contributed by atoms with Crippen LogP contribution in [-0.4, -0.2) is 34.1 Å². The molecule has 1 aliphatic rings. The van der Waals surface area contributed by atoms with Crippen LogP contribution in [0.5, 0.6) is 11.5 Å². The predicted molar refractivity (Wildman–Crippen MR) is 85.6 cm³/mol. The van der Waals surface area contributed by atoms with Crippen LogP contribution >= 0.6 is 11.6 Å². The molecule has 1 aliphatic heterocycles. The predicted octanol–water partition coefficient (Wildman–Crippen LogP) is 3.16. The molecule has 7 heteroatoms. The van der Waals surface area contributed by atoms with Crippen molar-refractivity contribution in [1.29, 1.82) is 0 Å². The number of rotatable bonds is 3. The van der Waals surface area contributed by atoms with E-state index in [0.717, 1.165) is 17.5 Å². The molecule has 0 saturated carbocycles. The first kappa shape index (κ1) is 15.7. The molecule has 3 rings (SSSR count). The van der Waals surface area contributed by atoms with Crippen LogP contribution in [0.3, 0.4) is 0 Å². The van der Waals surface area contributed by atoms with Gasteiger partial charge in [-0.25, -0.2) is 4.79 Å². The Bertz CT molecular complexity index is 770. The zero-order chi connectivity index (χ0) is 16.6. The summed E-state index contributed by atoms with van der Waals surface area (Å²) in [4.78, 5) is 11.2. The van der Waals surface area contributed by atoms with Gasteiger partial charge in [0.15, 0.2) is 17.2 Å². The lowest BCUT2D eigenvalue weighted by Gasteiger charge is -2.17. The van der Waals surface area contributed by atoms with Crippen molar-refractivity contribution in [3.05, 3.63) is 28.4 Å². The Kier molecular flexibility index (Phi) is 4.17. The van der Waals surface area contributed by atoms with Crippen molar-refractivity contribution >= 4 is 17.6 Å². The number of hydrogen-bond acceptors (Lipinski definition) is 4. The van der Waals surface area contributed by atoms with Crippen molar-refractivity contribution in [3.8, 4) is 22.8 Å².